The van der Waals surface area contributed by atoms with Crippen molar-refractivity contribution in [3.8, 4) is 0 Å². The van der Waals surface area contributed by atoms with Crippen LogP contribution in [0.3, 0.4) is 0 Å². The number of halogens is 2. The predicted octanol–water partition coefficient (Wildman–Crippen LogP) is 3.36. The minimum Gasteiger partial charge on any atom is -0.349 e. The van der Waals surface area contributed by atoms with Gasteiger partial charge in [0.15, 0.2) is 0 Å². The summed E-state index contributed by atoms with van der Waals surface area (Å²) in [7, 11) is 1.99. The summed E-state index contributed by atoms with van der Waals surface area (Å²) >= 11 is 9.31. The van der Waals surface area contributed by atoms with Gasteiger partial charge < -0.3 is 10.6 Å². The van der Waals surface area contributed by atoms with Crippen molar-refractivity contribution >= 4 is 33.4 Å². The third kappa shape index (κ3) is 4.20. The first kappa shape index (κ1) is 14.8. The zero-order chi connectivity index (χ0) is 13.8. The Morgan fingerprint density at radius 1 is 1.21 bits per heavy atom. The van der Waals surface area contributed by atoms with Gasteiger partial charge in [0.2, 0.25) is 0 Å². The molecular formula is C14H18BrClN2O. The van der Waals surface area contributed by atoms with Crippen LogP contribution in [0.4, 0.5) is 0 Å². The summed E-state index contributed by atoms with van der Waals surface area (Å²) in [5.41, 5.74) is 0.607. The number of rotatable bonds is 3. The number of amides is 1. The van der Waals surface area contributed by atoms with Gasteiger partial charge in [-0.05, 0) is 50.9 Å². The van der Waals surface area contributed by atoms with Gasteiger partial charge in [0.25, 0.3) is 5.91 Å². The molecule has 0 unspecified atom stereocenters. The van der Waals surface area contributed by atoms with Crippen molar-refractivity contribution in [2.45, 2.75) is 37.8 Å². The van der Waals surface area contributed by atoms with E-state index in [4.69, 9.17) is 11.6 Å². The highest BCUT2D eigenvalue weighted by atomic mass is 79.9. The number of hydrogen-bond donors (Lipinski definition) is 2. The molecule has 0 aliphatic heterocycles. The molecule has 0 bridgehead atoms. The van der Waals surface area contributed by atoms with Gasteiger partial charge in [-0.25, -0.2) is 0 Å². The molecule has 1 aromatic rings. The Labute approximate surface area is 127 Å². The smallest absolute Gasteiger partial charge is 0.251 e. The quantitative estimate of drug-likeness (QED) is 0.882. The van der Waals surface area contributed by atoms with Crippen LogP contribution in [-0.4, -0.2) is 25.0 Å². The van der Waals surface area contributed by atoms with Crippen LogP contribution < -0.4 is 10.6 Å². The van der Waals surface area contributed by atoms with Crippen LogP contribution in [0, 0.1) is 0 Å². The second kappa shape index (κ2) is 6.73. The Morgan fingerprint density at radius 3 is 2.42 bits per heavy atom. The molecule has 5 heteroatoms. The molecular weight excluding hydrogens is 328 g/mol. The number of benzene rings is 1. The maximum atomic E-state index is 12.2. The third-order valence-electron chi connectivity index (χ3n) is 3.60. The zero-order valence-corrected chi connectivity index (χ0v) is 13.2. The summed E-state index contributed by atoms with van der Waals surface area (Å²) in [5.74, 6) is -0.0453. The molecule has 104 valence electrons. The van der Waals surface area contributed by atoms with Gasteiger partial charge in [0.05, 0.1) is 0 Å². The Balaban J connectivity index is 1.94. The Bertz CT molecular complexity index is 439. The van der Waals surface area contributed by atoms with Crippen LogP contribution in [-0.2, 0) is 0 Å². The summed E-state index contributed by atoms with van der Waals surface area (Å²) < 4.78 is 0.823. The first-order valence-corrected chi connectivity index (χ1v) is 7.70. The highest BCUT2D eigenvalue weighted by Gasteiger charge is 2.21. The van der Waals surface area contributed by atoms with Gasteiger partial charge in [-0.3, -0.25) is 4.79 Å². The molecule has 0 radical (unpaired) electrons. The second-order valence-corrected chi connectivity index (χ2v) is 6.32. The predicted molar refractivity (Wildman–Crippen MR) is 81.7 cm³/mol. The largest absolute Gasteiger partial charge is 0.349 e. The summed E-state index contributed by atoms with van der Waals surface area (Å²) in [6.45, 7) is 0. The van der Waals surface area contributed by atoms with Crippen LogP contribution in [0.15, 0.2) is 22.7 Å². The van der Waals surface area contributed by atoms with Crippen LogP contribution in [0.25, 0.3) is 0 Å². The van der Waals surface area contributed by atoms with E-state index in [1.54, 1.807) is 18.2 Å². The minimum atomic E-state index is -0.0453. The Morgan fingerprint density at radius 2 is 1.84 bits per heavy atom. The Kier molecular flexibility index (Phi) is 5.25. The highest BCUT2D eigenvalue weighted by molar-refractivity contribution is 9.10. The molecule has 1 aliphatic carbocycles. The molecule has 1 amide bonds. The van der Waals surface area contributed by atoms with E-state index < -0.39 is 0 Å². The monoisotopic (exact) mass is 344 g/mol. The van der Waals surface area contributed by atoms with Gasteiger partial charge in [0.1, 0.15) is 0 Å². The van der Waals surface area contributed by atoms with Crippen molar-refractivity contribution in [1.82, 2.24) is 10.6 Å². The molecule has 1 fully saturated rings. The van der Waals surface area contributed by atoms with Crippen LogP contribution in [0.2, 0.25) is 5.02 Å². The number of nitrogens with one attached hydrogen (secondary N) is 2. The number of hydrogen-bond acceptors (Lipinski definition) is 2. The van der Waals surface area contributed by atoms with Crippen LogP contribution in [0.5, 0.6) is 0 Å². The van der Waals surface area contributed by atoms with Crippen molar-refractivity contribution in [2.24, 2.45) is 0 Å². The van der Waals surface area contributed by atoms with Crippen molar-refractivity contribution in [1.29, 1.82) is 0 Å². The molecule has 1 aliphatic rings. The van der Waals surface area contributed by atoms with Crippen molar-refractivity contribution in [3.63, 3.8) is 0 Å². The minimum absolute atomic E-state index is 0.0453. The number of carbonyl (C=O) groups is 1. The van der Waals surface area contributed by atoms with Crippen molar-refractivity contribution < 1.29 is 4.79 Å². The van der Waals surface area contributed by atoms with Gasteiger partial charge >= 0.3 is 0 Å². The molecule has 1 saturated carbocycles. The van der Waals surface area contributed by atoms with E-state index in [1.165, 1.54) is 0 Å². The molecule has 3 nitrogen and oxygen atoms in total. The first-order valence-electron chi connectivity index (χ1n) is 6.52. The summed E-state index contributed by atoms with van der Waals surface area (Å²) in [6.07, 6.45) is 4.28. The first-order chi connectivity index (χ1) is 9.08. The van der Waals surface area contributed by atoms with E-state index in [9.17, 15) is 4.79 Å². The SMILES string of the molecule is CNC1CCC(NC(=O)c2cc(Cl)cc(Br)c2)CC1. The number of carbonyl (C=O) groups excluding carboxylic acids is 1. The van der Waals surface area contributed by atoms with E-state index >= 15 is 0 Å². The zero-order valence-electron chi connectivity index (χ0n) is 10.9. The average Bonchev–Trinajstić information content (AvgIpc) is 2.38. The van der Waals surface area contributed by atoms with Gasteiger partial charge in [-0.1, -0.05) is 27.5 Å². The lowest BCUT2D eigenvalue weighted by Gasteiger charge is -2.28. The molecule has 0 aromatic heterocycles. The third-order valence-corrected chi connectivity index (χ3v) is 4.27. The average molecular weight is 346 g/mol. The Hall–Kier alpha value is -0.580. The summed E-state index contributed by atoms with van der Waals surface area (Å²) in [6, 6.07) is 6.13. The lowest BCUT2D eigenvalue weighted by Crippen LogP contribution is -2.41. The van der Waals surface area contributed by atoms with E-state index in [0.717, 1.165) is 30.2 Å². The fraction of sp³-hybridized carbons (Fsp3) is 0.500. The van der Waals surface area contributed by atoms with Crippen LogP contribution >= 0.6 is 27.5 Å². The molecule has 0 spiro atoms. The molecule has 0 atom stereocenters. The van der Waals surface area contributed by atoms with Crippen LogP contribution in [0.1, 0.15) is 36.0 Å². The van der Waals surface area contributed by atoms with Crippen molar-refractivity contribution in [2.75, 3.05) is 7.05 Å². The van der Waals surface area contributed by atoms with Gasteiger partial charge in [-0.2, -0.15) is 0 Å². The second-order valence-electron chi connectivity index (χ2n) is 4.97. The molecule has 2 N–H and O–H groups in total. The van der Waals surface area contributed by atoms with E-state index in [2.05, 4.69) is 26.6 Å². The summed E-state index contributed by atoms with van der Waals surface area (Å²) in [5, 5.41) is 6.94. The lowest BCUT2D eigenvalue weighted by molar-refractivity contribution is 0.0924. The fourth-order valence-electron chi connectivity index (χ4n) is 2.48. The van der Waals surface area contributed by atoms with E-state index in [0.29, 0.717) is 16.6 Å². The van der Waals surface area contributed by atoms with Gasteiger partial charge in [0, 0.05) is 27.1 Å². The van der Waals surface area contributed by atoms with Crippen molar-refractivity contribution in [3.05, 3.63) is 33.3 Å². The van der Waals surface area contributed by atoms with Gasteiger partial charge in [-0.15, -0.1) is 0 Å². The lowest BCUT2D eigenvalue weighted by atomic mass is 9.91. The summed E-state index contributed by atoms with van der Waals surface area (Å²) in [4.78, 5) is 12.2. The standard InChI is InChI=1S/C14H18BrClN2O/c1-17-12-2-4-13(5-3-12)18-14(19)9-6-10(15)8-11(16)7-9/h6-8,12-13,17H,2-5H2,1H3,(H,18,19). The molecule has 0 saturated heterocycles. The normalized spacial score (nSPS) is 23.1. The molecule has 1 aromatic carbocycles. The fourth-order valence-corrected chi connectivity index (χ4v) is 3.34. The molecule has 2 rings (SSSR count). The maximum Gasteiger partial charge on any atom is 0.251 e. The molecule has 19 heavy (non-hydrogen) atoms. The van der Waals surface area contributed by atoms with E-state index in [-0.39, 0.29) is 11.9 Å². The highest BCUT2D eigenvalue weighted by Crippen LogP contribution is 2.21. The molecule has 0 heterocycles. The topological polar surface area (TPSA) is 41.1 Å². The van der Waals surface area contributed by atoms with E-state index in [1.807, 2.05) is 7.05 Å². The maximum absolute atomic E-state index is 12.2.